The van der Waals surface area contributed by atoms with Gasteiger partial charge in [-0.3, -0.25) is 9.69 Å². The zero-order valence-corrected chi connectivity index (χ0v) is 19.3. The van der Waals surface area contributed by atoms with Gasteiger partial charge < -0.3 is 5.32 Å². The van der Waals surface area contributed by atoms with Gasteiger partial charge in [0, 0.05) is 36.2 Å². The van der Waals surface area contributed by atoms with Crippen molar-refractivity contribution >= 4 is 52.5 Å². The molecule has 2 aromatic carbocycles. The van der Waals surface area contributed by atoms with E-state index >= 15 is 0 Å². The summed E-state index contributed by atoms with van der Waals surface area (Å²) < 4.78 is 0. The van der Waals surface area contributed by atoms with Crippen LogP contribution in [0.5, 0.6) is 0 Å². The lowest BCUT2D eigenvalue weighted by atomic mass is 9.96. The minimum absolute atomic E-state index is 0.0458. The number of piperidine rings is 1. The van der Waals surface area contributed by atoms with Gasteiger partial charge in [0.25, 0.3) is 0 Å². The molecule has 1 aliphatic heterocycles. The van der Waals surface area contributed by atoms with Crippen LogP contribution in [0.15, 0.2) is 42.5 Å². The van der Waals surface area contributed by atoms with E-state index in [1.807, 2.05) is 36.4 Å². The van der Waals surface area contributed by atoms with Gasteiger partial charge in [0.15, 0.2) is 0 Å². The number of nitrogens with zero attached hydrogens (tertiary/aromatic N) is 1. The van der Waals surface area contributed by atoms with Crippen molar-refractivity contribution in [3.8, 4) is 0 Å². The van der Waals surface area contributed by atoms with E-state index in [1.165, 1.54) is 5.56 Å². The largest absolute Gasteiger partial charge is 0.355 e. The Morgan fingerprint density at radius 2 is 1.97 bits per heavy atom. The summed E-state index contributed by atoms with van der Waals surface area (Å²) in [5.74, 6) is 1.99. The molecule has 0 aromatic heterocycles. The summed E-state index contributed by atoms with van der Waals surface area (Å²) in [5.41, 5.74) is 2.33. The number of thioether (sulfide) groups is 1. The maximum Gasteiger partial charge on any atom is 0.224 e. The minimum Gasteiger partial charge on any atom is -0.355 e. The van der Waals surface area contributed by atoms with Crippen molar-refractivity contribution in [1.29, 1.82) is 0 Å². The van der Waals surface area contributed by atoms with E-state index < -0.39 is 0 Å². The molecule has 29 heavy (non-hydrogen) atoms. The van der Waals surface area contributed by atoms with Crippen molar-refractivity contribution in [2.75, 3.05) is 25.4 Å². The van der Waals surface area contributed by atoms with Crippen molar-refractivity contribution in [3.05, 3.63) is 68.7 Å². The summed E-state index contributed by atoms with van der Waals surface area (Å²) >= 11 is 19.9. The van der Waals surface area contributed by atoms with E-state index in [0.29, 0.717) is 16.6 Å². The van der Waals surface area contributed by atoms with Crippen LogP contribution in [0, 0.1) is 5.92 Å². The van der Waals surface area contributed by atoms with E-state index in [1.54, 1.807) is 11.8 Å². The molecule has 156 valence electrons. The van der Waals surface area contributed by atoms with Crippen molar-refractivity contribution in [3.63, 3.8) is 0 Å². The smallest absolute Gasteiger partial charge is 0.224 e. The van der Waals surface area contributed by atoms with E-state index in [2.05, 4.69) is 16.3 Å². The first-order valence-corrected chi connectivity index (χ1v) is 12.1. The number of nitrogens with one attached hydrogen (secondary N) is 1. The fraction of sp³-hybridized carbons (Fsp3) is 0.409. The van der Waals surface area contributed by atoms with Gasteiger partial charge in [-0.2, -0.15) is 11.8 Å². The number of hydrogen-bond acceptors (Lipinski definition) is 3. The lowest BCUT2D eigenvalue weighted by Gasteiger charge is -2.32. The van der Waals surface area contributed by atoms with Crippen LogP contribution in [0.3, 0.4) is 0 Å². The number of halogens is 3. The molecule has 1 N–H and O–H groups in total. The summed E-state index contributed by atoms with van der Waals surface area (Å²) in [4.78, 5) is 14.9. The van der Waals surface area contributed by atoms with Crippen LogP contribution in [-0.2, 0) is 17.1 Å². The standard InChI is InChI=1S/C22H25Cl3N2OS/c23-19-5-1-3-17(11-19)15-29-10-8-26-22(28)18-4-2-9-27(14-18)13-16-6-7-20(24)21(25)12-16/h1,3,5-7,11-12,18H,2,4,8-10,13-15H2,(H,26,28). The maximum atomic E-state index is 12.6. The number of carbonyl (C=O) groups excluding carboxylic acids is 1. The third-order valence-electron chi connectivity index (χ3n) is 4.97. The molecule has 0 saturated carbocycles. The predicted octanol–water partition coefficient (Wildman–Crippen LogP) is 5.91. The highest BCUT2D eigenvalue weighted by Gasteiger charge is 2.25. The molecule has 2 aromatic rings. The summed E-state index contributed by atoms with van der Waals surface area (Å²) in [6.45, 7) is 3.25. The Labute approximate surface area is 192 Å². The maximum absolute atomic E-state index is 12.6. The molecule has 0 radical (unpaired) electrons. The summed E-state index contributed by atoms with van der Waals surface area (Å²) in [6.07, 6.45) is 1.97. The van der Waals surface area contributed by atoms with Crippen LogP contribution < -0.4 is 5.32 Å². The summed E-state index contributed by atoms with van der Waals surface area (Å²) in [6, 6.07) is 13.6. The first-order valence-electron chi connectivity index (χ1n) is 9.77. The Morgan fingerprint density at radius 1 is 1.10 bits per heavy atom. The van der Waals surface area contributed by atoms with Crippen LogP contribution in [0.25, 0.3) is 0 Å². The Morgan fingerprint density at radius 3 is 2.76 bits per heavy atom. The van der Waals surface area contributed by atoms with Crippen LogP contribution in [-0.4, -0.2) is 36.2 Å². The van der Waals surface area contributed by atoms with Crippen LogP contribution in [0.1, 0.15) is 24.0 Å². The molecular formula is C22H25Cl3N2OS. The van der Waals surface area contributed by atoms with Crippen LogP contribution >= 0.6 is 46.6 Å². The summed E-state index contributed by atoms with van der Waals surface area (Å²) in [5, 5.41) is 5.01. The molecule has 1 atom stereocenters. The molecule has 1 saturated heterocycles. The number of rotatable bonds is 8. The average molecular weight is 472 g/mol. The molecule has 0 spiro atoms. The minimum atomic E-state index is 0.0458. The van der Waals surface area contributed by atoms with E-state index in [0.717, 1.165) is 54.6 Å². The molecule has 1 aliphatic rings. The van der Waals surface area contributed by atoms with Gasteiger partial charge in [-0.15, -0.1) is 0 Å². The molecular weight excluding hydrogens is 447 g/mol. The topological polar surface area (TPSA) is 32.3 Å². The van der Waals surface area contributed by atoms with Crippen LogP contribution in [0.4, 0.5) is 0 Å². The van der Waals surface area contributed by atoms with Gasteiger partial charge in [0.05, 0.1) is 16.0 Å². The molecule has 3 nitrogen and oxygen atoms in total. The second-order valence-corrected chi connectivity index (χ2v) is 9.65. The third-order valence-corrected chi connectivity index (χ3v) is 6.97. The fourth-order valence-electron chi connectivity index (χ4n) is 3.52. The first-order chi connectivity index (χ1) is 14.0. The molecule has 0 aliphatic carbocycles. The monoisotopic (exact) mass is 470 g/mol. The van der Waals surface area contributed by atoms with Gasteiger partial charge in [-0.05, 0) is 54.8 Å². The van der Waals surface area contributed by atoms with Gasteiger partial charge in [-0.25, -0.2) is 0 Å². The number of benzene rings is 2. The Balaban J connectivity index is 1.38. The van der Waals surface area contributed by atoms with E-state index in [4.69, 9.17) is 34.8 Å². The highest BCUT2D eigenvalue weighted by Crippen LogP contribution is 2.25. The zero-order valence-electron chi connectivity index (χ0n) is 16.2. The van der Waals surface area contributed by atoms with Gasteiger partial charge in [0.1, 0.15) is 0 Å². The summed E-state index contributed by atoms with van der Waals surface area (Å²) in [7, 11) is 0. The van der Waals surface area contributed by atoms with Gasteiger partial charge in [0.2, 0.25) is 5.91 Å². The van der Waals surface area contributed by atoms with Crippen LogP contribution in [0.2, 0.25) is 15.1 Å². The van der Waals surface area contributed by atoms with E-state index in [9.17, 15) is 4.79 Å². The Bertz CT molecular complexity index is 833. The highest BCUT2D eigenvalue weighted by molar-refractivity contribution is 7.98. The van der Waals surface area contributed by atoms with Crippen molar-refractivity contribution < 1.29 is 4.79 Å². The lowest BCUT2D eigenvalue weighted by molar-refractivity contribution is -0.126. The number of carbonyl (C=O) groups is 1. The average Bonchev–Trinajstić information content (AvgIpc) is 2.71. The van der Waals surface area contributed by atoms with Gasteiger partial charge in [-0.1, -0.05) is 53.0 Å². The fourth-order valence-corrected chi connectivity index (χ4v) is 4.86. The second kappa shape index (κ2) is 11.5. The normalized spacial score (nSPS) is 17.3. The highest BCUT2D eigenvalue weighted by atomic mass is 35.5. The molecule has 1 fully saturated rings. The molecule has 7 heteroatoms. The number of amides is 1. The van der Waals surface area contributed by atoms with Crippen molar-refractivity contribution in [1.82, 2.24) is 10.2 Å². The van der Waals surface area contributed by atoms with Crippen molar-refractivity contribution in [2.24, 2.45) is 5.92 Å². The molecule has 3 rings (SSSR count). The van der Waals surface area contributed by atoms with Crippen molar-refractivity contribution in [2.45, 2.75) is 25.1 Å². The lowest BCUT2D eigenvalue weighted by Crippen LogP contribution is -2.43. The first kappa shape index (κ1) is 22.8. The molecule has 0 bridgehead atoms. The Hall–Kier alpha value is -0.910. The SMILES string of the molecule is O=C(NCCSCc1cccc(Cl)c1)C1CCCN(Cc2ccc(Cl)c(Cl)c2)C1. The number of hydrogen-bond donors (Lipinski definition) is 1. The predicted molar refractivity (Wildman–Crippen MR) is 125 cm³/mol. The molecule has 1 amide bonds. The Kier molecular flexibility index (Phi) is 9.01. The number of likely N-dealkylation sites (tertiary alicyclic amines) is 1. The second-order valence-electron chi connectivity index (χ2n) is 7.30. The molecule has 1 heterocycles. The van der Waals surface area contributed by atoms with Gasteiger partial charge >= 0.3 is 0 Å². The quantitative estimate of drug-likeness (QED) is 0.486. The molecule has 1 unspecified atom stereocenters. The van der Waals surface area contributed by atoms with E-state index in [-0.39, 0.29) is 11.8 Å². The third kappa shape index (κ3) is 7.37. The zero-order chi connectivity index (χ0) is 20.6.